The predicted molar refractivity (Wildman–Crippen MR) is 96.0 cm³/mol. The molecule has 0 spiro atoms. The van der Waals surface area contributed by atoms with Gasteiger partial charge in [0, 0.05) is 17.4 Å². The fraction of sp³-hybridized carbons (Fsp3) is 0.429. The molecule has 146 valence electrons. The SMILES string of the molecule is COc1c([C@H]2OC[C@H]3[C@H]2CO[C@@H]3c2ccc3c(c2)OCO3)ccc2c1OCO2. The van der Waals surface area contributed by atoms with Gasteiger partial charge in [0.2, 0.25) is 19.3 Å². The molecule has 7 heteroatoms. The summed E-state index contributed by atoms with van der Waals surface area (Å²) in [6, 6.07) is 9.94. The van der Waals surface area contributed by atoms with E-state index in [4.69, 9.17) is 33.2 Å². The molecule has 4 aliphatic heterocycles. The number of benzene rings is 2. The van der Waals surface area contributed by atoms with Crippen molar-refractivity contribution < 1.29 is 33.2 Å². The Bertz CT molecular complexity index is 927. The van der Waals surface area contributed by atoms with E-state index in [0.29, 0.717) is 30.5 Å². The Balaban J connectivity index is 1.30. The van der Waals surface area contributed by atoms with Crippen molar-refractivity contribution in [2.75, 3.05) is 33.9 Å². The lowest BCUT2D eigenvalue weighted by atomic mass is 9.84. The summed E-state index contributed by atoms with van der Waals surface area (Å²) in [5.74, 6) is 4.10. The molecule has 2 fully saturated rings. The normalized spacial score (nSPS) is 29.2. The van der Waals surface area contributed by atoms with E-state index in [1.165, 1.54) is 0 Å². The fourth-order valence-electron chi connectivity index (χ4n) is 4.70. The van der Waals surface area contributed by atoms with Crippen LogP contribution in [0.15, 0.2) is 30.3 Å². The van der Waals surface area contributed by atoms with Crippen LogP contribution in [0.2, 0.25) is 0 Å². The Morgan fingerprint density at radius 1 is 0.786 bits per heavy atom. The van der Waals surface area contributed by atoms with E-state index in [0.717, 1.165) is 22.6 Å². The highest BCUT2D eigenvalue weighted by atomic mass is 16.7. The summed E-state index contributed by atoms with van der Waals surface area (Å²) in [6.45, 7) is 1.74. The van der Waals surface area contributed by atoms with Gasteiger partial charge in [-0.05, 0) is 29.8 Å². The molecule has 0 aromatic heterocycles. The topological polar surface area (TPSA) is 64.6 Å². The molecule has 2 aromatic rings. The highest BCUT2D eigenvalue weighted by Gasteiger charge is 2.49. The molecular formula is C21H20O7. The van der Waals surface area contributed by atoms with Crippen LogP contribution in [0.25, 0.3) is 0 Å². The van der Waals surface area contributed by atoms with Crippen LogP contribution in [0.5, 0.6) is 28.7 Å². The lowest BCUT2D eigenvalue weighted by Gasteiger charge is -2.20. The van der Waals surface area contributed by atoms with Gasteiger partial charge in [0.25, 0.3) is 0 Å². The summed E-state index contributed by atoms with van der Waals surface area (Å²) in [5, 5.41) is 0. The third-order valence-corrected chi connectivity index (χ3v) is 6.02. The summed E-state index contributed by atoms with van der Waals surface area (Å²) in [5.41, 5.74) is 2.08. The second kappa shape index (κ2) is 6.18. The van der Waals surface area contributed by atoms with E-state index in [-0.39, 0.29) is 37.6 Å². The van der Waals surface area contributed by atoms with Crippen molar-refractivity contribution in [2.45, 2.75) is 12.2 Å². The van der Waals surface area contributed by atoms with Gasteiger partial charge in [-0.25, -0.2) is 0 Å². The van der Waals surface area contributed by atoms with Gasteiger partial charge >= 0.3 is 0 Å². The maximum atomic E-state index is 6.24. The Kier molecular flexibility index (Phi) is 3.61. The molecule has 7 nitrogen and oxygen atoms in total. The van der Waals surface area contributed by atoms with Gasteiger partial charge in [-0.3, -0.25) is 0 Å². The first-order valence-corrected chi connectivity index (χ1v) is 9.42. The lowest BCUT2D eigenvalue weighted by molar-refractivity contribution is 0.0184. The number of methoxy groups -OCH3 is 1. The quantitative estimate of drug-likeness (QED) is 0.805. The summed E-state index contributed by atoms with van der Waals surface area (Å²) in [4.78, 5) is 0. The lowest BCUT2D eigenvalue weighted by Crippen LogP contribution is -2.15. The van der Waals surface area contributed by atoms with Crippen molar-refractivity contribution >= 4 is 0 Å². The van der Waals surface area contributed by atoms with Gasteiger partial charge in [-0.15, -0.1) is 0 Å². The van der Waals surface area contributed by atoms with Crippen molar-refractivity contribution in [3.63, 3.8) is 0 Å². The van der Waals surface area contributed by atoms with Gasteiger partial charge in [-0.2, -0.15) is 0 Å². The number of ether oxygens (including phenoxy) is 7. The minimum atomic E-state index is -0.103. The van der Waals surface area contributed by atoms with Crippen LogP contribution in [-0.2, 0) is 9.47 Å². The Morgan fingerprint density at radius 3 is 2.39 bits per heavy atom. The van der Waals surface area contributed by atoms with Crippen molar-refractivity contribution in [1.82, 2.24) is 0 Å². The van der Waals surface area contributed by atoms with Crippen LogP contribution in [0.1, 0.15) is 23.3 Å². The average Bonchev–Trinajstić information content (AvgIpc) is 3.49. The van der Waals surface area contributed by atoms with Crippen LogP contribution in [0.3, 0.4) is 0 Å². The Hall–Kier alpha value is -2.64. The van der Waals surface area contributed by atoms with Crippen molar-refractivity contribution in [3.05, 3.63) is 41.5 Å². The van der Waals surface area contributed by atoms with E-state index >= 15 is 0 Å². The Labute approximate surface area is 162 Å². The van der Waals surface area contributed by atoms with Crippen molar-refractivity contribution in [3.8, 4) is 28.7 Å². The van der Waals surface area contributed by atoms with E-state index in [1.54, 1.807) is 7.11 Å². The number of fused-ring (bicyclic) bond motifs is 3. The summed E-state index contributed by atoms with van der Waals surface area (Å²) < 4.78 is 40.1. The molecular weight excluding hydrogens is 364 g/mol. The van der Waals surface area contributed by atoms with Gasteiger partial charge < -0.3 is 33.2 Å². The second-order valence-corrected chi connectivity index (χ2v) is 7.37. The molecule has 0 radical (unpaired) electrons. The molecule has 0 amide bonds. The van der Waals surface area contributed by atoms with E-state index in [1.807, 2.05) is 24.3 Å². The monoisotopic (exact) mass is 384 g/mol. The number of rotatable bonds is 3. The summed E-state index contributed by atoms with van der Waals surface area (Å²) in [6.07, 6.45) is -0.127. The molecule has 4 heterocycles. The van der Waals surface area contributed by atoms with Crippen LogP contribution in [0.4, 0.5) is 0 Å². The smallest absolute Gasteiger partial charge is 0.231 e. The zero-order chi connectivity index (χ0) is 18.7. The summed E-state index contributed by atoms with van der Waals surface area (Å²) >= 11 is 0. The maximum Gasteiger partial charge on any atom is 0.231 e. The van der Waals surface area contributed by atoms with Gasteiger partial charge in [0.15, 0.2) is 23.0 Å². The zero-order valence-corrected chi connectivity index (χ0v) is 15.4. The van der Waals surface area contributed by atoms with Crippen LogP contribution in [-0.4, -0.2) is 33.9 Å². The molecule has 4 aliphatic rings. The highest BCUT2D eigenvalue weighted by molar-refractivity contribution is 5.58. The first-order valence-electron chi connectivity index (χ1n) is 9.42. The van der Waals surface area contributed by atoms with Gasteiger partial charge in [-0.1, -0.05) is 6.07 Å². The Morgan fingerprint density at radius 2 is 1.50 bits per heavy atom. The van der Waals surface area contributed by atoms with Crippen LogP contribution in [0, 0.1) is 11.8 Å². The molecule has 0 aliphatic carbocycles. The highest BCUT2D eigenvalue weighted by Crippen LogP contribution is 2.55. The summed E-state index contributed by atoms with van der Waals surface area (Å²) in [7, 11) is 1.65. The third-order valence-electron chi connectivity index (χ3n) is 6.02. The zero-order valence-electron chi connectivity index (χ0n) is 15.4. The second-order valence-electron chi connectivity index (χ2n) is 7.37. The molecule has 28 heavy (non-hydrogen) atoms. The minimum Gasteiger partial charge on any atom is -0.492 e. The third kappa shape index (κ3) is 2.29. The van der Waals surface area contributed by atoms with Crippen molar-refractivity contribution in [1.29, 1.82) is 0 Å². The number of hydrogen-bond donors (Lipinski definition) is 0. The first-order chi connectivity index (χ1) is 13.8. The molecule has 2 aromatic carbocycles. The molecule has 0 unspecified atom stereocenters. The molecule has 0 saturated carbocycles. The first kappa shape index (κ1) is 16.3. The van der Waals surface area contributed by atoms with Gasteiger partial charge in [0.05, 0.1) is 32.5 Å². The minimum absolute atomic E-state index is 0.0236. The largest absolute Gasteiger partial charge is 0.492 e. The number of hydrogen-bond acceptors (Lipinski definition) is 7. The van der Waals surface area contributed by atoms with Crippen molar-refractivity contribution in [2.24, 2.45) is 11.8 Å². The van der Waals surface area contributed by atoms with E-state index in [9.17, 15) is 0 Å². The maximum absolute atomic E-state index is 6.24. The molecule has 0 N–H and O–H groups in total. The molecule has 0 bridgehead atoms. The van der Waals surface area contributed by atoms with Crippen LogP contribution < -0.4 is 23.7 Å². The fourth-order valence-corrected chi connectivity index (χ4v) is 4.70. The van der Waals surface area contributed by atoms with Gasteiger partial charge in [0.1, 0.15) is 0 Å². The predicted octanol–water partition coefficient (Wildman–Crippen LogP) is 3.23. The van der Waals surface area contributed by atoms with E-state index in [2.05, 4.69) is 6.07 Å². The average molecular weight is 384 g/mol. The van der Waals surface area contributed by atoms with Crippen LogP contribution >= 0.6 is 0 Å². The molecule has 4 atom stereocenters. The van der Waals surface area contributed by atoms with E-state index < -0.39 is 0 Å². The standard InChI is InChI=1S/C21H20O7/c1-22-20-12(3-5-16-21(20)28-10-26-16)19-14-8-23-18(13(14)7-24-19)11-2-4-15-17(6-11)27-9-25-15/h2-6,13-14,18-19H,7-10H2,1H3/t13-,14+,18+,19+/m0/s1. The molecule has 2 saturated heterocycles. The molecule has 6 rings (SSSR count).